The molecule has 3 rings (SSSR count). The van der Waals surface area contributed by atoms with Crippen LogP contribution in [-0.2, 0) is 13.5 Å². The van der Waals surface area contributed by atoms with Crippen molar-refractivity contribution in [3.8, 4) is 0 Å². The van der Waals surface area contributed by atoms with Crippen molar-refractivity contribution in [2.24, 2.45) is 13.0 Å². The smallest absolute Gasteiger partial charge is 0.169 e. The Kier molecular flexibility index (Phi) is 5.30. The van der Waals surface area contributed by atoms with Crippen molar-refractivity contribution in [1.82, 2.24) is 9.47 Å². The molecular formula is C18H25ClN2O. The highest BCUT2D eigenvalue weighted by molar-refractivity contribution is 6.11. The number of aromatic nitrogens is 1. The average Bonchev–Trinajstić information content (AvgIpc) is 2.81. The van der Waals surface area contributed by atoms with Crippen molar-refractivity contribution < 1.29 is 4.79 Å². The first-order valence-corrected chi connectivity index (χ1v) is 8.00. The Labute approximate surface area is 138 Å². The minimum absolute atomic E-state index is 0. The number of Topliss-reactive ketones (excluding diaryl/α,β-unsaturated/α-hetero) is 1. The van der Waals surface area contributed by atoms with E-state index in [4.69, 9.17) is 0 Å². The van der Waals surface area contributed by atoms with E-state index in [2.05, 4.69) is 42.5 Å². The summed E-state index contributed by atoms with van der Waals surface area (Å²) in [4.78, 5) is 15.3. The number of halogens is 1. The van der Waals surface area contributed by atoms with E-state index in [1.165, 1.54) is 11.2 Å². The Morgan fingerprint density at radius 1 is 1.23 bits per heavy atom. The summed E-state index contributed by atoms with van der Waals surface area (Å²) < 4.78 is 2.20. The van der Waals surface area contributed by atoms with E-state index in [0.717, 1.165) is 43.4 Å². The highest BCUT2D eigenvalue weighted by atomic mass is 35.5. The first kappa shape index (κ1) is 17.0. The summed E-state index contributed by atoms with van der Waals surface area (Å²) in [5, 5.41) is 1.13. The van der Waals surface area contributed by atoms with Gasteiger partial charge in [-0.05, 0) is 32.0 Å². The van der Waals surface area contributed by atoms with E-state index in [9.17, 15) is 4.79 Å². The molecule has 3 nitrogen and oxygen atoms in total. The number of carbonyl (C=O) groups is 1. The van der Waals surface area contributed by atoms with Gasteiger partial charge in [0, 0.05) is 41.7 Å². The second-order valence-corrected chi connectivity index (χ2v) is 5.98. The normalized spacial score (nSPS) is 17.6. The third kappa shape index (κ3) is 2.68. The molecule has 1 unspecified atom stereocenters. The molecule has 4 heteroatoms. The standard InChI is InChI=1S/C18H24N2O.ClH/c1-4-20(5-2)12-13-10-11-16-17(18(13)21)14-8-6-7-9-15(14)19(16)3;/h6-9,13H,4-5,10-12H2,1-3H3;1H. The Morgan fingerprint density at radius 2 is 1.91 bits per heavy atom. The summed E-state index contributed by atoms with van der Waals surface area (Å²) >= 11 is 0. The third-order valence-electron chi connectivity index (χ3n) is 4.95. The Balaban J connectivity index is 0.00000176. The first-order chi connectivity index (χ1) is 10.2. The SMILES string of the molecule is CCN(CC)CC1CCc2c(c3ccccc3n2C)C1=O.Cl. The number of rotatable bonds is 4. The lowest BCUT2D eigenvalue weighted by atomic mass is 9.84. The Hall–Kier alpha value is -1.32. The van der Waals surface area contributed by atoms with Crippen molar-refractivity contribution in [3.63, 3.8) is 0 Å². The third-order valence-corrected chi connectivity index (χ3v) is 4.95. The van der Waals surface area contributed by atoms with Gasteiger partial charge in [0.2, 0.25) is 0 Å². The first-order valence-electron chi connectivity index (χ1n) is 8.00. The molecule has 1 aromatic heterocycles. The zero-order valence-corrected chi connectivity index (χ0v) is 14.4. The topological polar surface area (TPSA) is 25.2 Å². The summed E-state index contributed by atoms with van der Waals surface area (Å²) in [6.45, 7) is 7.26. The summed E-state index contributed by atoms with van der Waals surface area (Å²) in [7, 11) is 2.08. The van der Waals surface area contributed by atoms with Crippen LogP contribution in [0.2, 0.25) is 0 Å². The van der Waals surface area contributed by atoms with Gasteiger partial charge in [-0.25, -0.2) is 0 Å². The van der Waals surface area contributed by atoms with Crippen LogP contribution < -0.4 is 0 Å². The lowest BCUT2D eigenvalue weighted by Gasteiger charge is -2.27. The summed E-state index contributed by atoms with van der Waals surface area (Å²) in [5.41, 5.74) is 3.38. The highest BCUT2D eigenvalue weighted by Crippen LogP contribution is 2.33. The van der Waals surface area contributed by atoms with Crippen LogP contribution in [0.1, 0.15) is 36.3 Å². The number of benzene rings is 1. The molecule has 1 aliphatic rings. The van der Waals surface area contributed by atoms with Gasteiger partial charge in [-0.1, -0.05) is 32.0 Å². The van der Waals surface area contributed by atoms with Crippen LogP contribution in [0.5, 0.6) is 0 Å². The van der Waals surface area contributed by atoms with Crippen molar-refractivity contribution >= 4 is 29.1 Å². The van der Waals surface area contributed by atoms with Gasteiger partial charge in [0.15, 0.2) is 5.78 Å². The van der Waals surface area contributed by atoms with Gasteiger partial charge < -0.3 is 9.47 Å². The number of aryl methyl sites for hydroxylation is 1. The van der Waals surface area contributed by atoms with E-state index in [1.54, 1.807) is 0 Å². The van der Waals surface area contributed by atoms with E-state index < -0.39 is 0 Å². The molecule has 1 atom stereocenters. The molecule has 0 spiro atoms. The van der Waals surface area contributed by atoms with Crippen LogP contribution in [0.25, 0.3) is 10.9 Å². The van der Waals surface area contributed by atoms with Crippen LogP contribution in [-0.4, -0.2) is 34.9 Å². The van der Waals surface area contributed by atoms with Gasteiger partial charge in [0.05, 0.1) is 0 Å². The van der Waals surface area contributed by atoms with Gasteiger partial charge in [-0.15, -0.1) is 12.4 Å². The maximum absolute atomic E-state index is 13.0. The summed E-state index contributed by atoms with van der Waals surface area (Å²) in [6.07, 6.45) is 1.99. The van der Waals surface area contributed by atoms with Crippen LogP contribution in [0, 0.1) is 5.92 Å². The van der Waals surface area contributed by atoms with Gasteiger partial charge in [0.25, 0.3) is 0 Å². The van der Waals surface area contributed by atoms with Gasteiger partial charge >= 0.3 is 0 Å². The van der Waals surface area contributed by atoms with Crippen LogP contribution >= 0.6 is 12.4 Å². The second kappa shape index (κ2) is 6.84. The van der Waals surface area contributed by atoms with Crippen LogP contribution in [0.3, 0.4) is 0 Å². The van der Waals surface area contributed by atoms with Crippen LogP contribution in [0.15, 0.2) is 24.3 Å². The van der Waals surface area contributed by atoms with E-state index in [1.807, 2.05) is 12.1 Å². The molecule has 0 saturated heterocycles. The van der Waals surface area contributed by atoms with Crippen LogP contribution in [0.4, 0.5) is 0 Å². The fourth-order valence-electron chi connectivity index (χ4n) is 3.63. The number of hydrogen-bond donors (Lipinski definition) is 0. The number of nitrogens with zero attached hydrogens (tertiary/aromatic N) is 2. The Bertz CT molecular complexity index is 673. The number of para-hydroxylation sites is 1. The second-order valence-electron chi connectivity index (χ2n) is 5.98. The van der Waals surface area contributed by atoms with Crippen molar-refractivity contribution in [2.45, 2.75) is 26.7 Å². The monoisotopic (exact) mass is 320 g/mol. The fraction of sp³-hybridized carbons (Fsp3) is 0.500. The number of carbonyl (C=O) groups excluding carboxylic acids is 1. The fourth-order valence-corrected chi connectivity index (χ4v) is 3.63. The van der Waals surface area contributed by atoms with Gasteiger partial charge in [0.1, 0.15) is 0 Å². The maximum atomic E-state index is 13.0. The highest BCUT2D eigenvalue weighted by Gasteiger charge is 2.32. The lowest BCUT2D eigenvalue weighted by Crippen LogP contribution is -2.35. The molecule has 0 fully saturated rings. The molecule has 1 aliphatic carbocycles. The molecule has 2 aromatic rings. The van der Waals surface area contributed by atoms with Crippen molar-refractivity contribution in [3.05, 3.63) is 35.5 Å². The molecule has 1 heterocycles. The largest absolute Gasteiger partial charge is 0.347 e. The molecule has 0 aliphatic heterocycles. The van der Waals surface area contributed by atoms with Gasteiger partial charge in [-0.2, -0.15) is 0 Å². The minimum Gasteiger partial charge on any atom is -0.347 e. The molecule has 1 aromatic carbocycles. The number of fused-ring (bicyclic) bond motifs is 3. The predicted molar refractivity (Wildman–Crippen MR) is 94.1 cm³/mol. The zero-order valence-electron chi connectivity index (χ0n) is 13.6. The summed E-state index contributed by atoms with van der Waals surface area (Å²) in [6, 6.07) is 8.28. The minimum atomic E-state index is 0. The number of ketones is 1. The Morgan fingerprint density at radius 3 is 2.59 bits per heavy atom. The zero-order chi connectivity index (χ0) is 15.0. The quantitative estimate of drug-likeness (QED) is 0.858. The lowest BCUT2D eigenvalue weighted by molar-refractivity contribution is 0.0863. The number of hydrogen-bond acceptors (Lipinski definition) is 2. The molecule has 0 amide bonds. The van der Waals surface area contributed by atoms with Crippen molar-refractivity contribution in [1.29, 1.82) is 0 Å². The van der Waals surface area contributed by atoms with E-state index >= 15 is 0 Å². The van der Waals surface area contributed by atoms with E-state index in [-0.39, 0.29) is 18.3 Å². The predicted octanol–water partition coefficient (Wildman–Crippen LogP) is 3.69. The molecule has 120 valence electrons. The van der Waals surface area contributed by atoms with Crippen molar-refractivity contribution in [2.75, 3.05) is 19.6 Å². The molecular weight excluding hydrogens is 296 g/mol. The van der Waals surface area contributed by atoms with Gasteiger partial charge in [-0.3, -0.25) is 4.79 Å². The molecule has 22 heavy (non-hydrogen) atoms. The molecule has 0 bridgehead atoms. The van der Waals surface area contributed by atoms with E-state index in [0.29, 0.717) is 5.78 Å². The average molecular weight is 321 g/mol. The summed E-state index contributed by atoms with van der Waals surface area (Å²) in [5.74, 6) is 0.503. The maximum Gasteiger partial charge on any atom is 0.169 e. The molecule has 0 radical (unpaired) electrons. The molecule has 0 N–H and O–H groups in total. The molecule has 0 saturated carbocycles.